The van der Waals surface area contributed by atoms with Gasteiger partial charge < -0.3 is 10.6 Å². The van der Waals surface area contributed by atoms with Crippen LogP contribution in [-0.4, -0.2) is 11.8 Å². The Hall–Kier alpha value is -2.62. The van der Waals surface area contributed by atoms with Gasteiger partial charge in [-0.3, -0.25) is 9.59 Å². The van der Waals surface area contributed by atoms with Crippen LogP contribution in [0.15, 0.2) is 48.5 Å². The number of aryl methyl sites for hydroxylation is 1. The highest BCUT2D eigenvalue weighted by atomic mass is 16.2. The standard InChI is InChI=1S/C22H28N2O2/c1-3-4-5-6-7-11-21(25)23-19-14-12-18(13-15-19)22(26)24-20-10-8-9-17(2)16-20/h8-10,12-16H,3-7,11H2,1-2H3,(H,23,25)(H,24,26). The molecular formula is C22H28N2O2. The van der Waals surface area contributed by atoms with E-state index in [9.17, 15) is 9.59 Å². The molecule has 0 atom stereocenters. The minimum Gasteiger partial charge on any atom is -0.326 e. The summed E-state index contributed by atoms with van der Waals surface area (Å²) >= 11 is 0. The lowest BCUT2D eigenvalue weighted by Crippen LogP contribution is -2.13. The van der Waals surface area contributed by atoms with Gasteiger partial charge in [0.1, 0.15) is 0 Å². The molecule has 0 unspecified atom stereocenters. The van der Waals surface area contributed by atoms with Crippen LogP contribution in [0, 0.1) is 6.92 Å². The number of nitrogens with one attached hydrogen (secondary N) is 2. The van der Waals surface area contributed by atoms with Crippen LogP contribution in [0.4, 0.5) is 11.4 Å². The van der Waals surface area contributed by atoms with Crippen LogP contribution >= 0.6 is 0 Å². The largest absolute Gasteiger partial charge is 0.326 e. The van der Waals surface area contributed by atoms with Gasteiger partial charge in [0.15, 0.2) is 0 Å². The molecule has 0 spiro atoms. The Morgan fingerprint density at radius 2 is 1.58 bits per heavy atom. The van der Waals surface area contributed by atoms with Crippen molar-refractivity contribution in [1.82, 2.24) is 0 Å². The van der Waals surface area contributed by atoms with Gasteiger partial charge in [-0.05, 0) is 55.3 Å². The first-order valence-electron chi connectivity index (χ1n) is 9.36. The van der Waals surface area contributed by atoms with Gasteiger partial charge in [0, 0.05) is 23.4 Å². The van der Waals surface area contributed by atoms with Crippen LogP contribution in [0.3, 0.4) is 0 Å². The SMILES string of the molecule is CCCCCCCC(=O)Nc1ccc(C(=O)Nc2cccc(C)c2)cc1. The molecule has 138 valence electrons. The molecule has 2 amide bonds. The van der Waals surface area contributed by atoms with Crippen LogP contribution in [0.5, 0.6) is 0 Å². The molecule has 0 saturated carbocycles. The maximum atomic E-state index is 12.3. The molecule has 0 heterocycles. The molecule has 4 nitrogen and oxygen atoms in total. The molecule has 0 fully saturated rings. The van der Waals surface area contributed by atoms with E-state index in [4.69, 9.17) is 0 Å². The second kappa shape index (κ2) is 10.4. The van der Waals surface area contributed by atoms with E-state index in [0.29, 0.717) is 12.0 Å². The molecule has 0 radical (unpaired) electrons. The summed E-state index contributed by atoms with van der Waals surface area (Å²) in [5.41, 5.74) is 3.14. The lowest BCUT2D eigenvalue weighted by Gasteiger charge is -2.08. The highest BCUT2D eigenvalue weighted by molar-refractivity contribution is 6.04. The Kier molecular flexibility index (Phi) is 7.87. The Morgan fingerprint density at radius 1 is 0.846 bits per heavy atom. The van der Waals surface area contributed by atoms with Crippen molar-refractivity contribution in [2.45, 2.75) is 52.4 Å². The van der Waals surface area contributed by atoms with Gasteiger partial charge in [-0.15, -0.1) is 0 Å². The van der Waals surface area contributed by atoms with Gasteiger partial charge in [0.25, 0.3) is 5.91 Å². The fourth-order valence-corrected chi connectivity index (χ4v) is 2.74. The number of carbonyl (C=O) groups excluding carboxylic acids is 2. The molecule has 26 heavy (non-hydrogen) atoms. The number of rotatable bonds is 9. The number of benzene rings is 2. The van der Waals surface area contributed by atoms with E-state index in [1.165, 1.54) is 19.3 Å². The molecule has 0 aliphatic heterocycles. The van der Waals surface area contributed by atoms with Crippen molar-refractivity contribution in [2.24, 2.45) is 0 Å². The summed E-state index contributed by atoms with van der Waals surface area (Å²) in [6.45, 7) is 4.16. The summed E-state index contributed by atoms with van der Waals surface area (Å²) in [5, 5.41) is 5.76. The number of anilines is 2. The molecule has 2 rings (SSSR count). The van der Waals surface area contributed by atoms with Crippen molar-refractivity contribution in [3.05, 3.63) is 59.7 Å². The summed E-state index contributed by atoms with van der Waals surface area (Å²) in [5.74, 6) is -0.136. The molecule has 2 aromatic rings. The summed E-state index contributed by atoms with van der Waals surface area (Å²) < 4.78 is 0. The maximum absolute atomic E-state index is 12.3. The second-order valence-electron chi connectivity index (χ2n) is 6.61. The lowest BCUT2D eigenvalue weighted by atomic mass is 10.1. The Morgan fingerprint density at radius 3 is 2.27 bits per heavy atom. The Balaban J connectivity index is 1.81. The molecule has 4 heteroatoms. The van der Waals surface area contributed by atoms with E-state index in [2.05, 4.69) is 17.6 Å². The smallest absolute Gasteiger partial charge is 0.255 e. The number of hydrogen-bond acceptors (Lipinski definition) is 2. The quantitative estimate of drug-likeness (QED) is 0.582. The predicted octanol–water partition coefficient (Wildman–Crippen LogP) is 5.55. The van der Waals surface area contributed by atoms with E-state index >= 15 is 0 Å². The highest BCUT2D eigenvalue weighted by Gasteiger charge is 2.07. The van der Waals surface area contributed by atoms with Crippen molar-refractivity contribution >= 4 is 23.2 Å². The molecule has 0 aliphatic rings. The van der Waals surface area contributed by atoms with Gasteiger partial charge in [-0.2, -0.15) is 0 Å². The average Bonchev–Trinajstić information content (AvgIpc) is 2.62. The maximum Gasteiger partial charge on any atom is 0.255 e. The molecular weight excluding hydrogens is 324 g/mol. The molecule has 0 aliphatic carbocycles. The predicted molar refractivity (Wildman–Crippen MR) is 108 cm³/mol. The minimum atomic E-state index is -0.163. The topological polar surface area (TPSA) is 58.2 Å². The van der Waals surface area contributed by atoms with E-state index < -0.39 is 0 Å². The van der Waals surface area contributed by atoms with Gasteiger partial charge >= 0.3 is 0 Å². The fourth-order valence-electron chi connectivity index (χ4n) is 2.74. The molecule has 0 saturated heterocycles. The lowest BCUT2D eigenvalue weighted by molar-refractivity contribution is -0.116. The first kappa shape index (κ1) is 19.7. The van der Waals surface area contributed by atoms with Crippen molar-refractivity contribution in [3.8, 4) is 0 Å². The first-order valence-corrected chi connectivity index (χ1v) is 9.36. The molecule has 2 aromatic carbocycles. The Bertz CT molecular complexity index is 723. The van der Waals surface area contributed by atoms with Crippen molar-refractivity contribution in [1.29, 1.82) is 0 Å². The number of hydrogen-bond donors (Lipinski definition) is 2. The van der Waals surface area contributed by atoms with E-state index in [1.54, 1.807) is 24.3 Å². The van der Waals surface area contributed by atoms with Gasteiger partial charge in [0.2, 0.25) is 5.91 Å². The Labute approximate surface area is 156 Å². The van der Waals surface area contributed by atoms with Crippen LogP contribution in [0.1, 0.15) is 61.4 Å². The van der Waals surface area contributed by atoms with Gasteiger partial charge in [-0.1, -0.05) is 44.7 Å². The third kappa shape index (κ3) is 6.71. The average molecular weight is 352 g/mol. The summed E-state index contributed by atoms with van der Waals surface area (Å²) in [6, 6.07) is 14.7. The van der Waals surface area contributed by atoms with Crippen molar-refractivity contribution < 1.29 is 9.59 Å². The van der Waals surface area contributed by atoms with Crippen molar-refractivity contribution in [3.63, 3.8) is 0 Å². The number of carbonyl (C=O) groups is 2. The molecule has 0 bridgehead atoms. The molecule has 0 aromatic heterocycles. The van der Waals surface area contributed by atoms with E-state index in [1.807, 2.05) is 31.2 Å². The molecule has 2 N–H and O–H groups in total. The van der Waals surface area contributed by atoms with Crippen LogP contribution in [0.2, 0.25) is 0 Å². The fraction of sp³-hybridized carbons (Fsp3) is 0.364. The minimum absolute atomic E-state index is 0.0264. The first-order chi connectivity index (χ1) is 12.6. The summed E-state index contributed by atoms with van der Waals surface area (Å²) in [6.07, 6.45) is 6.18. The zero-order valence-corrected chi connectivity index (χ0v) is 15.7. The normalized spacial score (nSPS) is 10.4. The number of unbranched alkanes of at least 4 members (excludes halogenated alkanes) is 4. The monoisotopic (exact) mass is 352 g/mol. The van der Waals surface area contributed by atoms with Gasteiger partial charge in [-0.25, -0.2) is 0 Å². The zero-order valence-electron chi connectivity index (χ0n) is 15.7. The third-order valence-corrected chi connectivity index (χ3v) is 4.21. The third-order valence-electron chi connectivity index (χ3n) is 4.21. The van der Waals surface area contributed by atoms with E-state index in [-0.39, 0.29) is 11.8 Å². The van der Waals surface area contributed by atoms with Crippen LogP contribution in [-0.2, 0) is 4.79 Å². The van der Waals surface area contributed by atoms with Crippen LogP contribution < -0.4 is 10.6 Å². The van der Waals surface area contributed by atoms with Gasteiger partial charge in [0.05, 0.1) is 0 Å². The van der Waals surface area contributed by atoms with E-state index in [0.717, 1.165) is 29.8 Å². The summed E-state index contributed by atoms with van der Waals surface area (Å²) in [4.78, 5) is 24.2. The second-order valence-corrected chi connectivity index (χ2v) is 6.61. The van der Waals surface area contributed by atoms with Crippen molar-refractivity contribution in [2.75, 3.05) is 10.6 Å². The zero-order chi connectivity index (χ0) is 18.8. The van der Waals surface area contributed by atoms with Crippen LogP contribution in [0.25, 0.3) is 0 Å². The number of amides is 2. The highest BCUT2D eigenvalue weighted by Crippen LogP contribution is 2.14. The summed E-state index contributed by atoms with van der Waals surface area (Å²) in [7, 11) is 0.